The molecule has 2 aliphatic heterocycles. The van der Waals surface area contributed by atoms with E-state index >= 15 is 0 Å². The van der Waals surface area contributed by atoms with Crippen LogP contribution in [0.1, 0.15) is 30.7 Å². The first-order valence-electron chi connectivity index (χ1n) is 8.32. The Balaban J connectivity index is 1.73. The zero-order valence-electron chi connectivity index (χ0n) is 13.6. The van der Waals surface area contributed by atoms with Crippen molar-refractivity contribution in [2.75, 3.05) is 0 Å². The monoisotopic (exact) mass is 354 g/mol. The van der Waals surface area contributed by atoms with Crippen molar-refractivity contribution in [2.45, 2.75) is 43.3 Å². The summed E-state index contributed by atoms with van der Waals surface area (Å²) in [5.74, 6) is 5.26. The summed E-state index contributed by atoms with van der Waals surface area (Å²) in [6, 6.07) is 5.45. The standard InChI is InChI=1S/C19H18N2O3S/c22-18-15-6-4-13(3-5-14-2-1-11-25-14)12-16(15)20-17-7-8-19(23,24)9-10-21(17)18/h1,4,6,11-12,14,23-24H,2,7-10H2. The predicted molar refractivity (Wildman–Crippen MR) is 98.1 cm³/mol. The maximum Gasteiger partial charge on any atom is 0.261 e. The van der Waals surface area contributed by atoms with Crippen LogP contribution in [0, 0.1) is 11.8 Å². The van der Waals surface area contributed by atoms with Crippen LogP contribution < -0.4 is 5.56 Å². The first kappa shape index (κ1) is 16.4. The lowest BCUT2D eigenvalue weighted by Gasteiger charge is -2.17. The van der Waals surface area contributed by atoms with Crippen LogP contribution in [0.4, 0.5) is 0 Å². The molecule has 0 bridgehead atoms. The van der Waals surface area contributed by atoms with Gasteiger partial charge in [0.2, 0.25) is 0 Å². The van der Waals surface area contributed by atoms with Crippen molar-refractivity contribution in [3.8, 4) is 11.8 Å². The summed E-state index contributed by atoms with van der Waals surface area (Å²) in [4.78, 5) is 17.3. The third kappa shape index (κ3) is 3.36. The molecule has 2 aliphatic rings. The molecule has 2 aromatic rings. The molecule has 4 rings (SSSR count). The molecule has 0 radical (unpaired) electrons. The maximum atomic E-state index is 12.7. The average molecular weight is 354 g/mol. The van der Waals surface area contributed by atoms with Gasteiger partial charge in [0, 0.05) is 31.4 Å². The molecular weight excluding hydrogens is 336 g/mol. The minimum atomic E-state index is -1.74. The van der Waals surface area contributed by atoms with Crippen LogP contribution in [0.15, 0.2) is 34.5 Å². The second kappa shape index (κ2) is 6.34. The van der Waals surface area contributed by atoms with E-state index in [1.54, 1.807) is 22.4 Å². The molecule has 5 nitrogen and oxygen atoms in total. The number of rotatable bonds is 0. The quantitative estimate of drug-likeness (QED) is 0.557. The molecule has 1 aromatic carbocycles. The Hall–Kier alpha value is -2.07. The molecule has 25 heavy (non-hydrogen) atoms. The minimum absolute atomic E-state index is 0.129. The molecule has 1 aromatic heterocycles. The van der Waals surface area contributed by atoms with Gasteiger partial charge in [0.25, 0.3) is 5.56 Å². The van der Waals surface area contributed by atoms with Gasteiger partial charge in [-0.15, -0.1) is 11.8 Å². The van der Waals surface area contributed by atoms with Crippen molar-refractivity contribution in [1.29, 1.82) is 0 Å². The number of allylic oxidation sites excluding steroid dienone is 1. The highest BCUT2D eigenvalue weighted by atomic mass is 32.2. The van der Waals surface area contributed by atoms with E-state index in [0.717, 1.165) is 12.0 Å². The van der Waals surface area contributed by atoms with E-state index in [-0.39, 0.29) is 24.9 Å². The van der Waals surface area contributed by atoms with Crippen LogP contribution in [0.2, 0.25) is 0 Å². The fraction of sp³-hybridized carbons (Fsp3) is 0.368. The number of hydrogen-bond acceptors (Lipinski definition) is 5. The average Bonchev–Trinajstić information content (AvgIpc) is 3.05. The Morgan fingerprint density at radius 1 is 1.32 bits per heavy atom. The summed E-state index contributed by atoms with van der Waals surface area (Å²) in [7, 11) is 0. The van der Waals surface area contributed by atoms with Gasteiger partial charge in [-0.25, -0.2) is 4.98 Å². The Labute approximate surface area is 149 Å². The number of hydrogen-bond donors (Lipinski definition) is 2. The lowest BCUT2D eigenvalue weighted by Crippen LogP contribution is -2.29. The molecule has 6 heteroatoms. The summed E-state index contributed by atoms with van der Waals surface area (Å²) in [5.41, 5.74) is 1.32. The van der Waals surface area contributed by atoms with Crippen LogP contribution in [0.25, 0.3) is 10.9 Å². The smallest absolute Gasteiger partial charge is 0.261 e. The zero-order chi connectivity index (χ0) is 17.4. The second-order valence-electron chi connectivity index (χ2n) is 6.45. The molecular formula is C19H18N2O3S. The maximum absolute atomic E-state index is 12.7. The lowest BCUT2D eigenvalue weighted by molar-refractivity contribution is -0.169. The summed E-state index contributed by atoms with van der Waals surface area (Å²) < 4.78 is 1.56. The zero-order valence-corrected chi connectivity index (χ0v) is 14.4. The van der Waals surface area contributed by atoms with E-state index in [0.29, 0.717) is 28.4 Å². The van der Waals surface area contributed by atoms with Crippen molar-refractivity contribution in [3.05, 3.63) is 51.4 Å². The fourth-order valence-corrected chi connectivity index (χ4v) is 3.90. The molecule has 3 heterocycles. The van der Waals surface area contributed by atoms with Gasteiger partial charge in [0.15, 0.2) is 5.79 Å². The molecule has 0 spiro atoms. The van der Waals surface area contributed by atoms with Gasteiger partial charge in [-0.1, -0.05) is 17.9 Å². The summed E-state index contributed by atoms with van der Waals surface area (Å²) in [6.45, 7) is 0.261. The van der Waals surface area contributed by atoms with Crippen LogP contribution in [-0.4, -0.2) is 30.8 Å². The molecule has 0 saturated heterocycles. The van der Waals surface area contributed by atoms with Crippen molar-refractivity contribution >= 4 is 22.7 Å². The number of nitrogens with zero attached hydrogens (tertiary/aromatic N) is 2. The van der Waals surface area contributed by atoms with E-state index in [1.807, 2.05) is 12.1 Å². The highest BCUT2D eigenvalue weighted by Crippen LogP contribution is 2.23. The first-order valence-corrected chi connectivity index (χ1v) is 9.26. The van der Waals surface area contributed by atoms with Crippen molar-refractivity contribution < 1.29 is 10.2 Å². The summed E-state index contributed by atoms with van der Waals surface area (Å²) in [5, 5.41) is 22.6. The Morgan fingerprint density at radius 3 is 3.00 bits per heavy atom. The summed E-state index contributed by atoms with van der Waals surface area (Å²) >= 11 is 1.72. The van der Waals surface area contributed by atoms with E-state index in [2.05, 4.69) is 28.3 Å². The first-order chi connectivity index (χ1) is 12.0. The number of fused-ring (bicyclic) bond motifs is 2. The molecule has 1 atom stereocenters. The number of benzene rings is 1. The summed E-state index contributed by atoms with van der Waals surface area (Å²) in [6.07, 6.45) is 3.74. The van der Waals surface area contributed by atoms with Crippen LogP contribution in [0.5, 0.6) is 0 Å². The van der Waals surface area contributed by atoms with Crippen molar-refractivity contribution in [3.63, 3.8) is 0 Å². The van der Waals surface area contributed by atoms with Crippen LogP contribution in [-0.2, 0) is 13.0 Å². The van der Waals surface area contributed by atoms with Gasteiger partial charge in [0.1, 0.15) is 5.82 Å². The highest BCUT2D eigenvalue weighted by molar-refractivity contribution is 8.03. The Kier molecular flexibility index (Phi) is 4.16. The SMILES string of the molecule is O=c1c2ccc(C#CC3CC=CS3)cc2nc2n1CCC(O)(O)CC2. The normalized spacial score (nSPS) is 21.4. The Bertz CT molecular complexity index is 974. The lowest BCUT2D eigenvalue weighted by atomic mass is 10.1. The van der Waals surface area contributed by atoms with E-state index in [9.17, 15) is 15.0 Å². The number of aromatic nitrogens is 2. The molecule has 1 unspecified atom stereocenters. The number of aryl methyl sites for hydroxylation is 1. The molecule has 0 fully saturated rings. The molecule has 128 valence electrons. The van der Waals surface area contributed by atoms with Gasteiger partial charge in [0.05, 0.1) is 16.2 Å². The molecule has 0 saturated carbocycles. The Morgan fingerprint density at radius 2 is 2.20 bits per heavy atom. The van der Waals surface area contributed by atoms with Gasteiger partial charge in [-0.2, -0.15) is 0 Å². The fourth-order valence-electron chi connectivity index (χ4n) is 3.14. The predicted octanol–water partition coefficient (Wildman–Crippen LogP) is 1.78. The highest BCUT2D eigenvalue weighted by Gasteiger charge is 2.28. The number of thioether (sulfide) groups is 1. The van der Waals surface area contributed by atoms with E-state index in [4.69, 9.17) is 0 Å². The van der Waals surface area contributed by atoms with Gasteiger partial charge in [-0.05, 0) is 30.0 Å². The van der Waals surface area contributed by atoms with Crippen LogP contribution in [0.3, 0.4) is 0 Å². The van der Waals surface area contributed by atoms with Gasteiger partial charge >= 0.3 is 0 Å². The topological polar surface area (TPSA) is 75.4 Å². The minimum Gasteiger partial charge on any atom is -0.366 e. The molecule has 2 N–H and O–H groups in total. The second-order valence-corrected chi connectivity index (χ2v) is 7.56. The van der Waals surface area contributed by atoms with E-state index in [1.165, 1.54) is 0 Å². The van der Waals surface area contributed by atoms with Crippen molar-refractivity contribution in [1.82, 2.24) is 9.55 Å². The van der Waals surface area contributed by atoms with E-state index < -0.39 is 5.79 Å². The van der Waals surface area contributed by atoms with Gasteiger partial charge < -0.3 is 10.2 Å². The van der Waals surface area contributed by atoms with Crippen molar-refractivity contribution in [2.24, 2.45) is 0 Å². The molecule has 0 aliphatic carbocycles. The largest absolute Gasteiger partial charge is 0.366 e. The number of aliphatic hydroxyl groups is 2. The van der Waals surface area contributed by atoms with Gasteiger partial charge in [-0.3, -0.25) is 9.36 Å². The molecule has 0 amide bonds. The third-order valence-electron chi connectivity index (χ3n) is 4.59. The van der Waals surface area contributed by atoms with Crippen LogP contribution >= 0.6 is 11.8 Å². The third-order valence-corrected chi connectivity index (χ3v) is 5.57.